The van der Waals surface area contributed by atoms with E-state index in [1.807, 2.05) is 0 Å². The first-order valence-electron chi connectivity index (χ1n) is 19.4. The van der Waals surface area contributed by atoms with Crippen molar-refractivity contribution in [2.24, 2.45) is 0 Å². The molecule has 0 saturated carbocycles. The van der Waals surface area contributed by atoms with Gasteiger partial charge in [-0.05, 0) is 113 Å². The van der Waals surface area contributed by atoms with E-state index in [1.165, 1.54) is 44.1 Å². The van der Waals surface area contributed by atoms with E-state index < -0.39 is 0 Å². The number of nitrogens with zero attached hydrogens (tertiary/aromatic N) is 3. The van der Waals surface area contributed by atoms with Crippen LogP contribution in [0.25, 0.3) is 49.7 Å². The number of aromatic nitrogens is 1. The third-order valence-corrected chi connectivity index (χ3v) is 10.8. The van der Waals surface area contributed by atoms with Crippen LogP contribution in [0.4, 0.5) is 34.1 Å². The molecule has 0 saturated heterocycles. The third-order valence-electron chi connectivity index (χ3n) is 10.8. The maximum atomic E-state index is 2.40. The van der Waals surface area contributed by atoms with Crippen molar-refractivity contribution in [3.8, 4) is 27.9 Å². The maximum Gasteiger partial charge on any atom is 0.0561 e. The molecule has 10 aromatic rings. The van der Waals surface area contributed by atoms with E-state index in [0.29, 0.717) is 0 Å². The van der Waals surface area contributed by atoms with Gasteiger partial charge in [0.2, 0.25) is 0 Å². The molecule has 0 aliphatic heterocycles. The molecule has 0 spiro atoms. The maximum absolute atomic E-state index is 2.40. The summed E-state index contributed by atoms with van der Waals surface area (Å²) in [5, 5.41) is 2.47. The van der Waals surface area contributed by atoms with Gasteiger partial charge in [0.15, 0.2) is 0 Å². The van der Waals surface area contributed by atoms with Crippen LogP contribution in [-0.4, -0.2) is 4.57 Å². The predicted molar refractivity (Wildman–Crippen MR) is 241 cm³/mol. The lowest BCUT2D eigenvalue weighted by atomic mass is 10.0. The zero-order valence-electron chi connectivity index (χ0n) is 31.4. The fourth-order valence-corrected chi connectivity index (χ4v) is 8.04. The highest BCUT2D eigenvalue weighted by Gasteiger charge is 2.18. The van der Waals surface area contributed by atoms with E-state index in [-0.39, 0.29) is 0 Å². The van der Waals surface area contributed by atoms with Crippen LogP contribution in [0, 0.1) is 0 Å². The molecule has 1 heterocycles. The zero-order valence-corrected chi connectivity index (χ0v) is 31.4. The molecule has 0 aliphatic rings. The van der Waals surface area contributed by atoms with Crippen molar-refractivity contribution in [3.05, 3.63) is 237 Å². The van der Waals surface area contributed by atoms with Crippen molar-refractivity contribution in [3.63, 3.8) is 0 Å². The van der Waals surface area contributed by atoms with Crippen molar-refractivity contribution in [2.45, 2.75) is 0 Å². The lowest BCUT2D eigenvalue weighted by molar-refractivity contribution is 1.18. The van der Waals surface area contributed by atoms with Gasteiger partial charge in [-0.15, -0.1) is 0 Å². The van der Waals surface area contributed by atoms with Gasteiger partial charge in [-0.25, -0.2) is 0 Å². The average molecular weight is 730 g/mol. The van der Waals surface area contributed by atoms with Crippen LogP contribution >= 0.6 is 0 Å². The number of hydrogen-bond donors (Lipinski definition) is 0. The summed E-state index contributed by atoms with van der Waals surface area (Å²) >= 11 is 0. The number of anilines is 6. The third kappa shape index (κ3) is 6.52. The van der Waals surface area contributed by atoms with Crippen LogP contribution in [0.1, 0.15) is 0 Å². The SMILES string of the molecule is c1ccc(-c2ccc(N(c3ccccc3)c3ccc(-c4ccc(-n5c6ccccc6c6ccc(N(c7ccccc7)c7ccccc7)cc65)cc4)cc3)cc2)cc1. The lowest BCUT2D eigenvalue weighted by Crippen LogP contribution is -2.09. The molecule has 3 heteroatoms. The van der Waals surface area contributed by atoms with E-state index in [0.717, 1.165) is 39.8 Å². The Kier molecular flexibility index (Phi) is 8.86. The molecule has 0 atom stereocenters. The van der Waals surface area contributed by atoms with Gasteiger partial charge in [-0.2, -0.15) is 0 Å². The smallest absolute Gasteiger partial charge is 0.0561 e. The molecule has 0 radical (unpaired) electrons. The van der Waals surface area contributed by atoms with Crippen LogP contribution in [0.15, 0.2) is 237 Å². The summed E-state index contributed by atoms with van der Waals surface area (Å²) in [5.41, 5.74) is 14.9. The zero-order chi connectivity index (χ0) is 38.0. The number of benzene rings is 9. The van der Waals surface area contributed by atoms with Crippen molar-refractivity contribution in [1.29, 1.82) is 0 Å². The lowest BCUT2D eigenvalue weighted by Gasteiger charge is -2.26. The minimum atomic E-state index is 1.11. The van der Waals surface area contributed by atoms with Crippen molar-refractivity contribution < 1.29 is 0 Å². The Hall–Kier alpha value is -7.62. The van der Waals surface area contributed by atoms with Crippen LogP contribution in [-0.2, 0) is 0 Å². The molecular weight excluding hydrogens is 691 g/mol. The number of fused-ring (bicyclic) bond motifs is 3. The molecule has 0 unspecified atom stereocenters. The van der Waals surface area contributed by atoms with Gasteiger partial charge in [-0.3, -0.25) is 0 Å². The Morgan fingerprint density at radius 1 is 0.246 bits per heavy atom. The summed E-state index contributed by atoms with van der Waals surface area (Å²) in [6, 6.07) is 84.6. The van der Waals surface area contributed by atoms with Crippen molar-refractivity contribution in [2.75, 3.05) is 9.80 Å². The second-order valence-corrected chi connectivity index (χ2v) is 14.2. The first-order valence-corrected chi connectivity index (χ1v) is 19.4. The van der Waals surface area contributed by atoms with Crippen LogP contribution in [0.5, 0.6) is 0 Å². The summed E-state index contributed by atoms with van der Waals surface area (Å²) in [7, 11) is 0. The van der Waals surface area contributed by atoms with Crippen LogP contribution in [0.3, 0.4) is 0 Å². The highest BCUT2D eigenvalue weighted by molar-refractivity contribution is 6.10. The Morgan fingerprint density at radius 2 is 0.596 bits per heavy atom. The highest BCUT2D eigenvalue weighted by atomic mass is 15.1. The van der Waals surface area contributed by atoms with Gasteiger partial charge < -0.3 is 14.4 Å². The van der Waals surface area contributed by atoms with Gasteiger partial charge in [0.25, 0.3) is 0 Å². The van der Waals surface area contributed by atoms with Gasteiger partial charge in [0, 0.05) is 50.6 Å². The number of para-hydroxylation sites is 4. The van der Waals surface area contributed by atoms with Crippen molar-refractivity contribution >= 4 is 55.9 Å². The normalized spacial score (nSPS) is 11.2. The highest BCUT2D eigenvalue weighted by Crippen LogP contribution is 2.40. The fraction of sp³-hybridized carbons (Fsp3) is 0. The Morgan fingerprint density at radius 3 is 1.11 bits per heavy atom. The predicted octanol–water partition coefficient (Wildman–Crippen LogP) is 15.1. The molecule has 1 aromatic heterocycles. The first-order chi connectivity index (χ1) is 28.3. The van der Waals surface area contributed by atoms with E-state index >= 15 is 0 Å². The topological polar surface area (TPSA) is 11.4 Å². The number of rotatable bonds is 9. The molecule has 0 bridgehead atoms. The van der Waals surface area contributed by atoms with E-state index in [1.54, 1.807) is 0 Å². The van der Waals surface area contributed by atoms with E-state index in [2.05, 4.69) is 251 Å². The van der Waals surface area contributed by atoms with Crippen LogP contribution in [0.2, 0.25) is 0 Å². The molecule has 57 heavy (non-hydrogen) atoms. The summed E-state index contributed by atoms with van der Waals surface area (Å²) in [6.45, 7) is 0. The molecule has 0 amide bonds. The Labute approximate surface area is 333 Å². The molecular formula is C54H39N3. The van der Waals surface area contributed by atoms with E-state index in [4.69, 9.17) is 0 Å². The minimum Gasteiger partial charge on any atom is -0.311 e. The molecule has 0 N–H and O–H groups in total. The standard InChI is InChI=1S/C54H39N3/c1-5-15-40(16-6-1)41-25-31-47(32-26-41)55(44-17-7-2-8-18-44)48-33-27-42(28-34-48)43-29-35-49(36-30-43)57-53-24-14-13-23-51(53)52-38-37-50(39-54(52)57)56(45-19-9-3-10-20-45)46-21-11-4-12-22-46/h1-39H. The second kappa shape index (κ2) is 14.9. The van der Waals surface area contributed by atoms with E-state index in [9.17, 15) is 0 Å². The summed E-state index contributed by atoms with van der Waals surface area (Å²) < 4.78 is 2.40. The molecule has 10 rings (SSSR count). The summed E-state index contributed by atoms with van der Waals surface area (Å²) in [4.78, 5) is 4.64. The molecule has 270 valence electrons. The quantitative estimate of drug-likeness (QED) is 0.147. The second-order valence-electron chi connectivity index (χ2n) is 14.2. The molecule has 0 aliphatic carbocycles. The number of hydrogen-bond acceptors (Lipinski definition) is 2. The average Bonchev–Trinajstić information content (AvgIpc) is 3.62. The Balaban J connectivity index is 0.998. The Bertz CT molecular complexity index is 2860. The van der Waals surface area contributed by atoms with Gasteiger partial charge in [0.1, 0.15) is 0 Å². The largest absolute Gasteiger partial charge is 0.311 e. The monoisotopic (exact) mass is 729 g/mol. The van der Waals surface area contributed by atoms with Gasteiger partial charge in [0.05, 0.1) is 11.0 Å². The summed E-state index contributed by atoms with van der Waals surface area (Å²) in [5.74, 6) is 0. The van der Waals surface area contributed by atoms with Gasteiger partial charge in [-0.1, -0.05) is 146 Å². The van der Waals surface area contributed by atoms with Gasteiger partial charge >= 0.3 is 0 Å². The molecule has 3 nitrogen and oxygen atoms in total. The molecule has 0 fully saturated rings. The van der Waals surface area contributed by atoms with Crippen molar-refractivity contribution in [1.82, 2.24) is 4.57 Å². The fourth-order valence-electron chi connectivity index (χ4n) is 8.04. The van der Waals surface area contributed by atoms with Crippen LogP contribution < -0.4 is 9.80 Å². The summed E-state index contributed by atoms with van der Waals surface area (Å²) in [6.07, 6.45) is 0. The molecule has 9 aromatic carbocycles. The minimum absolute atomic E-state index is 1.11. The first kappa shape index (κ1) is 33.9.